The summed E-state index contributed by atoms with van der Waals surface area (Å²) in [6.07, 6.45) is 4.12. The Morgan fingerprint density at radius 3 is 2.78 bits per heavy atom. The number of hydrogen-bond donors (Lipinski definition) is 2. The van der Waals surface area contributed by atoms with Crippen LogP contribution in [-0.4, -0.2) is 21.0 Å². The van der Waals surface area contributed by atoms with Crippen LogP contribution in [0.3, 0.4) is 0 Å². The van der Waals surface area contributed by atoms with Crippen molar-refractivity contribution in [2.75, 3.05) is 0 Å². The monoisotopic (exact) mass is 360 g/mol. The number of aromatic nitrogens is 3. The van der Waals surface area contributed by atoms with Gasteiger partial charge in [-0.2, -0.15) is 4.98 Å². The van der Waals surface area contributed by atoms with Gasteiger partial charge in [-0.15, -0.1) is 0 Å². The van der Waals surface area contributed by atoms with Gasteiger partial charge in [-0.3, -0.25) is 4.79 Å². The molecule has 4 aromatic rings. The van der Waals surface area contributed by atoms with Crippen LogP contribution in [0.25, 0.3) is 22.3 Å². The van der Waals surface area contributed by atoms with Crippen LogP contribution in [0.1, 0.15) is 24.3 Å². The molecule has 136 valence electrons. The molecule has 2 aromatic heterocycles. The summed E-state index contributed by atoms with van der Waals surface area (Å²) >= 11 is 0. The van der Waals surface area contributed by atoms with Crippen molar-refractivity contribution >= 4 is 16.8 Å². The first-order valence-corrected chi connectivity index (χ1v) is 8.99. The Morgan fingerprint density at radius 1 is 1.07 bits per heavy atom. The fourth-order valence-corrected chi connectivity index (χ4v) is 3.07. The molecule has 0 unspecified atom stereocenters. The van der Waals surface area contributed by atoms with E-state index in [2.05, 4.69) is 32.6 Å². The first-order valence-electron chi connectivity index (χ1n) is 8.99. The molecular formula is C21H20N4O2. The van der Waals surface area contributed by atoms with Crippen molar-refractivity contribution in [3.05, 3.63) is 72.2 Å². The van der Waals surface area contributed by atoms with Crippen LogP contribution in [0.5, 0.6) is 0 Å². The number of H-pyrrole nitrogens is 1. The van der Waals surface area contributed by atoms with Gasteiger partial charge in [0.25, 0.3) is 0 Å². The van der Waals surface area contributed by atoms with Crippen molar-refractivity contribution in [2.45, 2.75) is 25.8 Å². The van der Waals surface area contributed by atoms with Gasteiger partial charge in [0.15, 0.2) is 0 Å². The summed E-state index contributed by atoms with van der Waals surface area (Å²) < 4.78 is 5.20. The molecule has 6 nitrogen and oxygen atoms in total. The maximum absolute atomic E-state index is 12.1. The number of nitrogens with one attached hydrogen (secondary N) is 2. The number of hydrogen-bond acceptors (Lipinski definition) is 4. The number of nitrogens with zero attached hydrogens (tertiary/aromatic N) is 2. The molecule has 2 heterocycles. The summed E-state index contributed by atoms with van der Waals surface area (Å²) in [6, 6.07) is 17.8. The van der Waals surface area contributed by atoms with E-state index in [0.717, 1.165) is 23.9 Å². The van der Waals surface area contributed by atoms with E-state index < -0.39 is 0 Å². The number of aromatic amines is 1. The third-order valence-electron chi connectivity index (χ3n) is 4.46. The Balaban J connectivity index is 1.25. The van der Waals surface area contributed by atoms with Crippen LogP contribution in [-0.2, 0) is 17.8 Å². The fourth-order valence-electron chi connectivity index (χ4n) is 3.07. The molecule has 0 atom stereocenters. The molecule has 0 fully saturated rings. The largest absolute Gasteiger partial charge is 0.361 e. The number of para-hydroxylation sites is 1. The Labute approximate surface area is 156 Å². The van der Waals surface area contributed by atoms with Crippen LogP contribution in [0.4, 0.5) is 0 Å². The summed E-state index contributed by atoms with van der Waals surface area (Å²) in [5.74, 6) is 0.910. The number of amides is 1. The first-order chi connectivity index (χ1) is 13.3. The lowest BCUT2D eigenvalue weighted by Crippen LogP contribution is -2.22. The van der Waals surface area contributed by atoms with E-state index in [4.69, 9.17) is 4.52 Å². The highest BCUT2D eigenvalue weighted by Crippen LogP contribution is 2.19. The molecule has 0 saturated carbocycles. The zero-order chi connectivity index (χ0) is 18.5. The van der Waals surface area contributed by atoms with Crippen LogP contribution in [0, 0.1) is 0 Å². The smallest absolute Gasteiger partial charge is 0.246 e. The lowest BCUT2D eigenvalue weighted by atomic mass is 10.1. The number of carbonyl (C=O) groups excluding carboxylic acids is 1. The van der Waals surface area contributed by atoms with E-state index in [1.54, 1.807) is 0 Å². The normalized spacial score (nSPS) is 11.0. The Kier molecular flexibility index (Phi) is 4.96. The van der Waals surface area contributed by atoms with E-state index in [1.807, 2.05) is 48.7 Å². The van der Waals surface area contributed by atoms with Crippen molar-refractivity contribution in [2.24, 2.45) is 0 Å². The van der Waals surface area contributed by atoms with E-state index in [0.29, 0.717) is 18.1 Å². The second-order valence-electron chi connectivity index (χ2n) is 6.37. The third kappa shape index (κ3) is 4.06. The van der Waals surface area contributed by atoms with Gasteiger partial charge < -0.3 is 14.8 Å². The fraction of sp³-hybridized carbons (Fsp3) is 0.190. The molecule has 2 aromatic carbocycles. The van der Waals surface area contributed by atoms with Crippen LogP contribution in [0.15, 0.2) is 65.3 Å². The van der Waals surface area contributed by atoms with E-state index in [-0.39, 0.29) is 12.5 Å². The number of rotatable bonds is 7. The van der Waals surface area contributed by atoms with Gasteiger partial charge in [-0.05, 0) is 24.5 Å². The molecule has 0 radical (unpaired) electrons. The molecule has 0 aliphatic carbocycles. The SMILES string of the molecule is O=C(CCCc1c[nH]c2ccccc12)NCc1nc(-c2ccccc2)no1. The van der Waals surface area contributed by atoms with Crippen molar-refractivity contribution in [1.29, 1.82) is 0 Å². The number of benzene rings is 2. The summed E-state index contributed by atoms with van der Waals surface area (Å²) in [4.78, 5) is 19.6. The van der Waals surface area contributed by atoms with Crippen LogP contribution >= 0.6 is 0 Å². The highest BCUT2D eigenvalue weighted by atomic mass is 16.5. The minimum Gasteiger partial charge on any atom is -0.361 e. The molecule has 4 rings (SSSR count). The summed E-state index contributed by atoms with van der Waals surface area (Å²) in [5.41, 5.74) is 3.25. The number of carbonyl (C=O) groups is 1. The van der Waals surface area contributed by atoms with Crippen molar-refractivity contribution < 1.29 is 9.32 Å². The molecular weight excluding hydrogens is 340 g/mol. The second-order valence-corrected chi connectivity index (χ2v) is 6.37. The summed E-state index contributed by atoms with van der Waals surface area (Å²) in [7, 11) is 0. The average Bonchev–Trinajstić information content (AvgIpc) is 3.35. The maximum atomic E-state index is 12.1. The van der Waals surface area contributed by atoms with Gasteiger partial charge in [-0.25, -0.2) is 0 Å². The molecule has 0 bridgehead atoms. The van der Waals surface area contributed by atoms with Gasteiger partial charge >= 0.3 is 0 Å². The number of fused-ring (bicyclic) bond motifs is 1. The summed E-state index contributed by atoms with van der Waals surface area (Å²) in [6.45, 7) is 0.242. The molecule has 0 aliphatic heterocycles. The highest BCUT2D eigenvalue weighted by Gasteiger charge is 2.10. The van der Waals surface area contributed by atoms with Gasteiger partial charge in [0.1, 0.15) is 0 Å². The van der Waals surface area contributed by atoms with Crippen LogP contribution in [0.2, 0.25) is 0 Å². The minimum absolute atomic E-state index is 0.0192. The highest BCUT2D eigenvalue weighted by molar-refractivity contribution is 5.83. The Morgan fingerprint density at radius 2 is 1.89 bits per heavy atom. The zero-order valence-electron chi connectivity index (χ0n) is 14.8. The predicted molar refractivity (Wildman–Crippen MR) is 103 cm³/mol. The van der Waals surface area contributed by atoms with Crippen LogP contribution < -0.4 is 5.32 Å². The second kappa shape index (κ2) is 7.86. The standard InChI is InChI=1S/C21H20N4O2/c26-19(12-6-9-16-13-22-18-11-5-4-10-17(16)18)23-14-20-24-21(25-27-20)15-7-2-1-3-8-15/h1-5,7-8,10-11,13,22H,6,9,12,14H2,(H,23,26). The predicted octanol–water partition coefficient (Wildman–Crippen LogP) is 3.86. The zero-order valence-corrected chi connectivity index (χ0v) is 14.8. The molecule has 0 spiro atoms. The van der Waals surface area contributed by atoms with Crippen molar-refractivity contribution in [3.8, 4) is 11.4 Å². The van der Waals surface area contributed by atoms with E-state index in [1.165, 1.54) is 10.9 Å². The number of aryl methyl sites for hydroxylation is 1. The maximum Gasteiger partial charge on any atom is 0.246 e. The van der Waals surface area contributed by atoms with Crippen molar-refractivity contribution in [1.82, 2.24) is 20.4 Å². The quantitative estimate of drug-likeness (QED) is 0.524. The van der Waals surface area contributed by atoms with Gasteiger partial charge in [0, 0.05) is 29.1 Å². The summed E-state index contributed by atoms with van der Waals surface area (Å²) in [5, 5.41) is 8.01. The lowest BCUT2D eigenvalue weighted by Gasteiger charge is -2.02. The van der Waals surface area contributed by atoms with Gasteiger partial charge in [0.2, 0.25) is 17.6 Å². The third-order valence-corrected chi connectivity index (χ3v) is 4.46. The van der Waals surface area contributed by atoms with Gasteiger partial charge in [-0.1, -0.05) is 53.7 Å². The molecule has 0 saturated heterocycles. The molecule has 0 aliphatic rings. The Bertz CT molecular complexity index is 1040. The minimum atomic E-state index is -0.0192. The molecule has 1 amide bonds. The van der Waals surface area contributed by atoms with Crippen molar-refractivity contribution in [3.63, 3.8) is 0 Å². The molecule has 6 heteroatoms. The molecule has 2 N–H and O–H groups in total. The van der Waals surface area contributed by atoms with E-state index in [9.17, 15) is 4.79 Å². The topological polar surface area (TPSA) is 83.8 Å². The van der Waals surface area contributed by atoms with Gasteiger partial charge in [0.05, 0.1) is 6.54 Å². The Hall–Kier alpha value is -3.41. The molecule has 27 heavy (non-hydrogen) atoms. The van der Waals surface area contributed by atoms with E-state index >= 15 is 0 Å². The lowest BCUT2D eigenvalue weighted by molar-refractivity contribution is -0.121. The first kappa shape index (κ1) is 17.0. The average molecular weight is 360 g/mol.